The second kappa shape index (κ2) is 6.99. The Morgan fingerprint density at radius 1 is 1.41 bits per heavy atom. The van der Waals surface area contributed by atoms with E-state index in [0.717, 1.165) is 43.0 Å². The SMILES string of the molecule is CCOc1cccc2c1OC(C)(C)[C@H]1C[C@H]3CN(CC(N)=O)CC[C@@H]3O[C@H]21. The number of amides is 1. The molecule has 1 aromatic rings. The molecule has 3 aliphatic heterocycles. The lowest BCUT2D eigenvalue weighted by molar-refractivity contribution is -0.187. The van der Waals surface area contributed by atoms with Gasteiger partial charge in [-0.25, -0.2) is 0 Å². The molecule has 3 aliphatic rings. The van der Waals surface area contributed by atoms with Crippen molar-refractivity contribution in [2.75, 3.05) is 26.2 Å². The predicted molar refractivity (Wildman–Crippen MR) is 102 cm³/mol. The fourth-order valence-corrected chi connectivity index (χ4v) is 5.00. The number of primary amides is 1. The number of fused-ring (bicyclic) bond motifs is 4. The van der Waals surface area contributed by atoms with Gasteiger partial charge in [-0.15, -0.1) is 0 Å². The van der Waals surface area contributed by atoms with Crippen molar-refractivity contribution in [3.63, 3.8) is 0 Å². The van der Waals surface area contributed by atoms with E-state index in [2.05, 4.69) is 24.8 Å². The maximum atomic E-state index is 11.3. The molecule has 0 spiro atoms. The molecule has 0 aliphatic carbocycles. The normalized spacial score (nSPS) is 31.8. The predicted octanol–water partition coefficient (Wildman–Crippen LogP) is 2.51. The molecule has 0 unspecified atom stereocenters. The molecule has 4 atom stereocenters. The number of rotatable bonds is 4. The number of hydrogen-bond acceptors (Lipinski definition) is 5. The zero-order valence-corrected chi connectivity index (χ0v) is 16.4. The summed E-state index contributed by atoms with van der Waals surface area (Å²) in [6, 6.07) is 6.09. The number of carbonyl (C=O) groups is 1. The number of likely N-dealkylation sites (tertiary alicyclic amines) is 1. The Morgan fingerprint density at radius 3 is 2.96 bits per heavy atom. The molecule has 1 amide bonds. The van der Waals surface area contributed by atoms with Crippen LogP contribution in [0.15, 0.2) is 18.2 Å². The van der Waals surface area contributed by atoms with Gasteiger partial charge < -0.3 is 19.9 Å². The molecule has 4 rings (SSSR count). The van der Waals surface area contributed by atoms with Crippen LogP contribution in [0, 0.1) is 11.8 Å². The molecule has 0 aromatic heterocycles. The number of hydrogen-bond donors (Lipinski definition) is 1. The number of nitrogens with two attached hydrogens (primary N) is 1. The van der Waals surface area contributed by atoms with E-state index in [9.17, 15) is 4.79 Å². The second-order valence-electron chi connectivity index (χ2n) is 8.50. The number of para-hydroxylation sites is 1. The molecular formula is C21H30N2O4. The van der Waals surface area contributed by atoms with Gasteiger partial charge in [-0.3, -0.25) is 9.69 Å². The average Bonchev–Trinajstić information content (AvgIpc) is 2.61. The molecule has 2 N–H and O–H groups in total. The van der Waals surface area contributed by atoms with E-state index in [-0.39, 0.29) is 29.6 Å². The molecule has 1 aromatic carbocycles. The molecule has 148 valence electrons. The topological polar surface area (TPSA) is 74.0 Å². The van der Waals surface area contributed by atoms with E-state index in [1.807, 2.05) is 19.1 Å². The highest BCUT2D eigenvalue weighted by molar-refractivity contribution is 5.75. The summed E-state index contributed by atoms with van der Waals surface area (Å²) in [5.41, 5.74) is 6.14. The number of carbonyl (C=O) groups excluding carboxylic acids is 1. The van der Waals surface area contributed by atoms with Gasteiger partial charge in [-0.2, -0.15) is 0 Å². The summed E-state index contributed by atoms with van der Waals surface area (Å²) in [5.74, 6) is 2.02. The third kappa shape index (κ3) is 3.41. The fraction of sp³-hybridized carbons (Fsp3) is 0.667. The first-order chi connectivity index (χ1) is 12.9. The van der Waals surface area contributed by atoms with Crippen molar-refractivity contribution in [3.8, 4) is 11.5 Å². The first kappa shape index (κ1) is 18.6. The lowest BCUT2D eigenvalue weighted by Crippen LogP contribution is -2.55. The molecule has 6 heteroatoms. The van der Waals surface area contributed by atoms with Crippen molar-refractivity contribution in [1.29, 1.82) is 0 Å². The Morgan fingerprint density at radius 2 is 2.22 bits per heavy atom. The van der Waals surface area contributed by atoms with E-state index < -0.39 is 0 Å². The minimum atomic E-state index is -0.345. The zero-order valence-electron chi connectivity index (χ0n) is 16.4. The third-order valence-corrected chi connectivity index (χ3v) is 6.25. The molecule has 6 nitrogen and oxygen atoms in total. The third-order valence-electron chi connectivity index (χ3n) is 6.25. The Bertz CT molecular complexity index is 720. The van der Waals surface area contributed by atoms with Crippen LogP contribution in [0.25, 0.3) is 0 Å². The molecule has 27 heavy (non-hydrogen) atoms. The summed E-state index contributed by atoms with van der Waals surface area (Å²) >= 11 is 0. The van der Waals surface area contributed by atoms with Gasteiger partial charge in [-0.05, 0) is 45.6 Å². The molecule has 3 heterocycles. The molecule has 0 bridgehead atoms. The van der Waals surface area contributed by atoms with E-state index in [1.54, 1.807) is 0 Å². The van der Waals surface area contributed by atoms with Crippen LogP contribution in [0.1, 0.15) is 45.3 Å². The highest BCUT2D eigenvalue weighted by Gasteiger charge is 2.51. The van der Waals surface area contributed by atoms with Crippen molar-refractivity contribution in [2.45, 2.75) is 51.4 Å². The van der Waals surface area contributed by atoms with Gasteiger partial charge in [0.1, 0.15) is 5.60 Å². The minimum absolute atomic E-state index is 0.0214. The summed E-state index contributed by atoms with van der Waals surface area (Å²) < 4.78 is 18.9. The quantitative estimate of drug-likeness (QED) is 0.877. The maximum Gasteiger partial charge on any atom is 0.231 e. The largest absolute Gasteiger partial charge is 0.490 e. The van der Waals surface area contributed by atoms with Gasteiger partial charge >= 0.3 is 0 Å². The summed E-state index contributed by atoms with van der Waals surface area (Å²) in [6.07, 6.45) is 2.19. The average molecular weight is 374 g/mol. The van der Waals surface area contributed by atoms with Crippen LogP contribution in [-0.2, 0) is 9.53 Å². The van der Waals surface area contributed by atoms with E-state index in [1.165, 1.54) is 0 Å². The Hall–Kier alpha value is -1.79. The monoisotopic (exact) mass is 374 g/mol. The van der Waals surface area contributed by atoms with Crippen LogP contribution < -0.4 is 15.2 Å². The van der Waals surface area contributed by atoms with E-state index in [4.69, 9.17) is 19.9 Å². The summed E-state index contributed by atoms with van der Waals surface area (Å²) in [5, 5.41) is 0. The number of benzene rings is 1. The van der Waals surface area contributed by atoms with Crippen molar-refractivity contribution in [1.82, 2.24) is 4.90 Å². The molecule has 0 radical (unpaired) electrons. The standard InChI is InChI=1S/C21H30N2O4/c1-4-25-17-7-5-6-14-19-15(21(2,3)27-20(14)17)10-13-11-23(12-18(22)24)9-8-16(13)26-19/h5-7,13,15-16,19H,4,8-12H2,1-3H3,(H2,22,24)/t13-,15-,16-,19+/m0/s1. The highest BCUT2D eigenvalue weighted by Crippen LogP contribution is 2.55. The number of nitrogens with zero attached hydrogens (tertiary/aromatic N) is 1. The molecule has 2 saturated heterocycles. The fourth-order valence-electron chi connectivity index (χ4n) is 5.00. The van der Waals surface area contributed by atoms with Crippen LogP contribution in [0.4, 0.5) is 0 Å². The van der Waals surface area contributed by atoms with Crippen LogP contribution >= 0.6 is 0 Å². The molecule has 0 saturated carbocycles. The van der Waals surface area contributed by atoms with Gasteiger partial charge in [0.05, 0.1) is 25.4 Å². The van der Waals surface area contributed by atoms with Gasteiger partial charge in [0.15, 0.2) is 11.5 Å². The number of piperidine rings is 1. The van der Waals surface area contributed by atoms with Gasteiger partial charge in [-0.1, -0.05) is 12.1 Å². The summed E-state index contributed by atoms with van der Waals surface area (Å²) in [6.45, 7) is 8.92. The molecular weight excluding hydrogens is 344 g/mol. The van der Waals surface area contributed by atoms with Crippen LogP contribution in [-0.4, -0.2) is 48.8 Å². The first-order valence-corrected chi connectivity index (χ1v) is 10.00. The van der Waals surface area contributed by atoms with Crippen molar-refractivity contribution in [3.05, 3.63) is 23.8 Å². The summed E-state index contributed by atoms with van der Waals surface area (Å²) in [4.78, 5) is 13.5. The Balaban J connectivity index is 1.61. The highest BCUT2D eigenvalue weighted by atomic mass is 16.5. The van der Waals surface area contributed by atoms with Crippen LogP contribution in [0.2, 0.25) is 0 Å². The lowest BCUT2D eigenvalue weighted by atomic mass is 9.70. The lowest BCUT2D eigenvalue weighted by Gasteiger charge is -2.53. The van der Waals surface area contributed by atoms with Gasteiger partial charge in [0.25, 0.3) is 0 Å². The number of ether oxygens (including phenoxy) is 3. The zero-order chi connectivity index (χ0) is 19.2. The van der Waals surface area contributed by atoms with Crippen molar-refractivity contribution in [2.24, 2.45) is 17.6 Å². The first-order valence-electron chi connectivity index (χ1n) is 10.00. The van der Waals surface area contributed by atoms with Crippen LogP contribution in [0.5, 0.6) is 11.5 Å². The van der Waals surface area contributed by atoms with Crippen molar-refractivity contribution < 1.29 is 19.0 Å². The van der Waals surface area contributed by atoms with E-state index >= 15 is 0 Å². The van der Waals surface area contributed by atoms with E-state index in [0.29, 0.717) is 19.1 Å². The van der Waals surface area contributed by atoms with Crippen LogP contribution in [0.3, 0.4) is 0 Å². The Labute approximate surface area is 160 Å². The summed E-state index contributed by atoms with van der Waals surface area (Å²) in [7, 11) is 0. The van der Waals surface area contributed by atoms with Crippen molar-refractivity contribution >= 4 is 5.91 Å². The smallest absolute Gasteiger partial charge is 0.231 e. The minimum Gasteiger partial charge on any atom is -0.490 e. The maximum absolute atomic E-state index is 11.3. The second-order valence-corrected chi connectivity index (χ2v) is 8.50. The van der Waals surface area contributed by atoms with Gasteiger partial charge in [0, 0.05) is 24.6 Å². The molecule has 2 fully saturated rings. The Kier molecular flexibility index (Phi) is 4.80. The van der Waals surface area contributed by atoms with Gasteiger partial charge in [0.2, 0.25) is 5.91 Å².